The van der Waals surface area contributed by atoms with Crippen LogP contribution in [0.1, 0.15) is 48.8 Å². The fraction of sp³-hybridized carbons (Fsp3) is 0.500. The molecule has 0 fully saturated rings. The van der Waals surface area contributed by atoms with Crippen LogP contribution in [-0.2, 0) is 13.5 Å². The zero-order chi connectivity index (χ0) is 14.0. The van der Waals surface area contributed by atoms with E-state index in [-0.39, 0.29) is 17.6 Å². The Labute approximate surface area is 111 Å². The van der Waals surface area contributed by atoms with E-state index >= 15 is 0 Å². The first-order valence-corrected chi connectivity index (χ1v) is 6.27. The van der Waals surface area contributed by atoms with Gasteiger partial charge >= 0.3 is 0 Å². The number of amides is 1. The summed E-state index contributed by atoms with van der Waals surface area (Å²) in [7, 11) is 1.82. The average molecular weight is 262 g/mol. The van der Waals surface area contributed by atoms with Crippen LogP contribution < -0.4 is 5.32 Å². The third kappa shape index (κ3) is 2.81. The second-order valence-corrected chi connectivity index (χ2v) is 4.67. The largest absolute Gasteiger partial charge is 0.316 e. The van der Waals surface area contributed by atoms with Gasteiger partial charge in [-0.15, -0.1) is 5.10 Å². The van der Waals surface area contributed by atoms with Gasteiger partial charge in [-0.25, -0.2) is 4.98 Å². The molecule has 7 heteroatoms. The number of H-pyrrole nitrogens is 1. The third-order valence-electron chi connectivity index (χ3n) is 2.74. The van der Waals surface area contributed by atoms with Gasteiger partial charge in [-0.3, -0.25) is 14.6 Å². The summed E-state index contributed by atoms with van der Waals surface area (Å²) in [4.78, 5) is 16.2. The number of rotatable bonds is 4. The lowest BCUT2D eigenvalue weighted by Crippen LogP contribution is -2.14. The van der Waals surface area contributed by atoms with Gasteiger partial charge in [0.25, 0.3) is 5.91 Å². The summed E-state index contributed by atoms with van der Waals surface area (Å²) < 4.78 is 1.67. The van der Waals surface area contributed by atoms with Crippen LogP contribution in [0.2, 0.25) is 0 Å². The Kier molecular flexibility index (Phi) is 3.64. The molecule has 0 aliphatic heterocycles. The number of aryl methyl sites for hydroxylation is 2. The molecule has 0 saturated heterocycles. The highest BCUT2D eigenvalue weighted by Crippen LogP contribution is 2.15. The van der Waals surface area contributed by atoms with E-state index in [1.165, 1.54) is 0 Å². The molecule has 0 atom stereocenters. The van der Waals surface area contributed by atoms with Gasteiger partial charge in [0.05, 0.1) is 11.4 Å². The van der Waals surface area contributed by atoms with E-state index in [2.05, 4.69) is 25.6 Å². The number of nitrogens with zero attached hydrogens (tertiary/aromatic N) is 4. The van der Waals surface area contributed by atoms with Gasteiger partial charge in [0, 0.05) is 19.2 Å². The summed E-state index contributed by atoms with van der Waals surface area (Å²) in [5, 5.41) is 13.7. The summed E-state index contributed by atoms with van der Waals surface area (Å²) in [6.45, 7) is 5.96. The summed E-state index contributed by atoms with van der Waals surface area (Å²) >= 11 is 0. The Hall–Kier alpha value is -2.18. The first kappa shape index (κ1) is 13.3. The van der Waals surface area contributed by atoms with E-state index in [1.54, 1.807) is 10.9 Å². The smallest absolute Gasteiger partial charge is 0.295 e. The number of carbonyl (C=O) groups excluding carboxylic acids is 1. The third-order valence-corrected chi connectivity index (χ3v) is 2.74. The maximum absolute atomic E-state index is 12.0. The van der Waals surface area contributed by atoms with Crippen molar-refractivity contribution in [2.24, 2.45) is 7.05 Å². The first-order valence-electron chi connectivity index (χ1n) is 6.27. The quantitative estimate of drug-likeness (QED) is 0.873. The molecule has 0 saturated carbocycles. The van der Waals surface area contributed by atoms with Gasteiger partial charge in [0.15, 0.2) is 0 Å². The predicted molar refractivity (Wildman–Crippen MR) is 71.0 cm³/mol. The Morgan fingerprint density at radius 1 is 1.53 bits per heavy atom. The molecular weight excluding hydrogens is 244 g/mol. The molecule has 0 aliphatic carbocycles. The Morgan fingerprint density at radius 2 is 2.26 bits per heavy atom. The lowest BCUT2D eigenvalue weighted by molar-refractivity contribution is 0.101. The fourth-order valence-corrected chi connectivity index (χ4v) is 1.71. The highest BCUT2D eigenvalue weighted by Gasteiger charge is 2.16. The number of hydrogen-bond acceptors (Lipinski definition) is 4. The van der Waals surface area contributed by atoms with Crippen LogP contribution in [0.4, 0.5) is 5.69 Å². The van der Waals surface area contributed by atoms with Gasteiger partial charge in [-0.05, 0) is 6.42 Å². The van der Waals surface area contributed by atoms with Crippen LogP contribution in [0.25, 0.3) is 0 Å². The molecule has 0 radical (unpaired) electrons. The van der Waals surface area contributed by atoms with Crippen LogP contribution >= 0.6 is 0 Å². The molecule has 102 valence electrons. The second-order valence-electron chi connectivity index (χ2n) is 4.67. The van der Waals surface area contributed by atoms with Gasteiger partial charge in [-0.1, -0.05) is 20.8 Å². The van der Waals surface area contributed by atoms with Crippen LogP contribution in [0.3, 0.4) is 0 Å². The molecule has 19 heavy (non-hydrogen) atoms. The number of aromatic amines is 1. The van der Waals surface area contributed by atoms with Crippen LogP contribution in [0, 0.1) is 0 Å². The number of carbonyl (C=O) groups is 1. The molecule has 1 amide bonds. The average Bonchev–Trinajstić information content (AvgIpc) is 2.95. The van der Waals surface area contributed by atoms with Crippen molar-refractivity contribution in [3.63, 3.8) is 0 Å². The van der Waals surface area contributed by atoms with Crippen molar-refractivity contribution >= 4 is 11.6 Å². The summed E-state index contributed by atoms with van der Waals surface area (Å²) in [6.07, 6.45) is 2.52. The van der Waals surface area contributed by atoms with E-state index in [1.807, 2.05) is 27.8 Å². The molecule has 2 aromatic rings. The molecule has 0 aromatic carbocycles. The Bertz CT molecular complexity index is 583. The standard InChI is InChI=1S/C12H18N6O/c1-5-8-9(6-18(4)17-8)13-12(19)11-14-10(7(2)3)15-16-11/h6-7H,5H2,1-4H3,(H,13,19)(H,14,15,16). The molecule has 7 nitrogen and oxygen atoms in total. The SMILES string of the molecule is CCc1nn(C)cc1NC(=O)c1n[nH]c(C(C)C)n1. The van der Waals surface area contributed by atoms with Gasteiger partial charge in [0.2, 0.25) is 5.82 Å². The summed E-state index contributed by atoms with van der Waals surface area (Å²) in [5.74, 6) is 0.728. The molecule has 0 aliphatic rings. The van der Waals surface area contributed by atoms with Crippen molar-refractivity contribution in [3.05, 3.63) is 23.5 Å². The Morgan fingerprint density at radius 3 is 2.84 bits per heavy atom. The fourth-order valence-electron chi connectivity index (χ4n) is 1.71. The van der Waals surface area contributed by atoms with Crippen molar-refractivity contribution < 1.29 is 4.79 Å². The minimum atomic E-state index is -0.328. The molecule has 0 spiro atoms. The number of anilines is 1. The van der Waals surface area contributed by atoms with E-state index in [0.29, 0.717) is 11.5 Å². The van der Waals surface area contributed by atoms with Crippen LogP contribution in [-0.4, -0.2) is 30.9 Å². The summed E-state index contributed by atoms with van der Waals surface area (Å²) in [6, 6.07) is 0. The van der Waals surface area contributed by atoms with Crippen molar-refractivity contribution in [1.29, 1.82) is 0 Å². The topological polar surface area (TPSA) is 88.5 Å². The normalized spacial score (nSPS) is 11.0. The van der Waals surface area contributed by atoms with Crippen molar-refractivity contribution in [2.45, 2.75) is 33.1 Å². The number of aromatic nitrogens is 5. The number of nitrogens with one attached hydrogen (secondary N) is 2. The van der Waals surface area contributed by atoms with Gasteiger partial charge in [0.1, 0.15) is 5.82 Å². The van der Waals surface area contributed by atoms with E-state index < -0.39 is 0 Å². The lowest BCUT2D eigenvalue weighted by atomic mass is 10.2. The highest BCUT2D eigenvalue weighted by atomic mass is 16.2. The minimum absolute atomic E-state index is 0.148. The molecular formula is C12H18N6O. The number of hydrogen-bond donors (Lipinski definition) is 2. The van der Waals surface area contributed by atoms with Crippen LogP contribution in [0.5, 0.6) is 0 Å². The summed E-state index contributed by atoms with van der Waals surface area (Å²) in [5.41, 5.74) is 1.54. The first-order chi connectivity index (χ1) is 9.01. The van der Waals surface area contributed by atoms with E-state index in [4.69, 9.17) is 0 Å². The monoisotopic (exact) mass is 262 g/mol. The molecule has 0 unspecified atom stereocenters. The molecule has 0 bridgehead atoms. The van der Waals surface area contributed by atoms with Gasteiger partial charge in [-0.2, -0.15) is 5.10 Å². The van der Waals surface area contributed by atoms with E-state index in [0.717, 1.165) is 12.1 Å². The molecule has 2 heterocycles. The second kappa shape index (κ2) is 5.21. The van der Waals surface area contributed by atoms with E-state index in [9.17, 15) is 4.79 Å². The Balaban J connectivity index is 2.15. The lowest BCUT2D eigenvalue weighted by Gasteiger charge is -2.00. The maximum Gasteiger partial charge on any atom is 0.295 e. The highest BCUT2D eigenvalue weighted by molar-refractivity contribution is 6.01. The maximum atomic E-state index is 12.0. The van der Waals surface area contributed by atoms with Crippen molar-refractivity contribution in [1.82, 2.24) is 25.0 Å². The van der Waals surface area contributed by atoms with Crippen molar-refractivity contribution in [3.8, 4) is 0 Å². The molecule has 2 N–H and O–H groups in total. The van der Waals surface area contributed by atoms with Crippen LogP contribution in [0.15, 0.2) is 6.20 Å². The zero-order valence-electron chi connectivity index (χ0n) is 11.6. The van der Waals surface area contributed by atoms with Crippen molar-refractivity contribution in [2.75, 3.05) is 5.32 Å². The van der Waals surface area contributed by atoms with Gasteiger partial charge < -0.3 is 5.32 Å². The zero-order valence-corrected chi connectivity index (χ0v) is 11.6. The minimum Gasteiger partial charge on any atom is -0.316 e. The predicted octanol–water partition coefficient (Wildman–Crippen LogP) is 1.48. The molecule has 2 rings (SSSR count). The molecule has 2 aromatic heterocycles.